The van der Waals surface area contributed by atoms with Gasteiger partial charge in [-0.2, -0.15) is 0 Å². The van der Waals surface area contributed by atoms with Crippen LogP contribution in [0.5, 0.6) is 0 Å². The van der Waals surface area contributed by atoms with Crippen molar-refractivity contribution < 1.29 is 5.11 Å². The zero-order valence-corrected chi connectivity index (χ0v) is 12.1. The van der Waals surface area contributed by atoms with Crippen LogP contribution < -0.4 is 5.32 Å². The Kier molecular flexibility index (Phi) is 5.58. The van der Waals surface area contributed by atoms with E-state index in [4.69, 9.17) is 0 Å². The summed E-state index contributed by atoms with van der Waals surface area (Å²) in [6.45, 7) is 3.18. The minimum absolute atomic E-state index is 0.120. The van der Waals surface area contributed by atoms with Crippen LogP contribution in [0.3, 0.4) is 0 Å². The van der Waals surface area contributed by atoms with Gasteiger partial charge in [0.1, 0.15) is 0 Å². The fourth-order valence-corrected chi connectivity index (χ4v) is 2.96. The van der Waals surface area contributed by atoms with Gasteiger partial charge in [0.15, 0.2) is 0 Å². The van der Waals surface area contributed by atoms with Crippen molar-refractivity contribution in [1.82, 2.24) is 5.32 Å². The molecule has 1 aromatic carbocycles. The number of aliphatic hydroxyl groups excluding tert-OH is 1. The quantitative estimate of drug-likeness (QED) is 0.814. The maximum Gasteiger partial charge on any atom is 0.0587 e. The molecule has 2 nitrogen and oxygen atoms in total. The van der Waals surface area contributed by atoms with Crippen LogP contribution >= 0.6 is 11.3 Å². The average Bonchev–Trinajstić information content (AvgIpc) is 2.92. The highest BCUT2D eigenvalue weighted by Crippen LogP contribution is 2.16. The molecule has 1 heterocycles. The summed E-state index contributed by atoms with van der Waals surface area (Å²) < 4.78 is 0. The van der Waals surface area contributed by atoms with Crippen molar-refractivity contribution in [2.75, 3.05) is 6.61 Å². The van der Waals surface area contributed by atoms with Crippen molar-refractivity contribution >= 4 is 11.3 Å². The zero-order chi connectivity index (χ0) is 13.5. The minimum Gasteiger partial charge on any atom is -0.395 e. The van der Waals surface area contributed by atoms with Crippen molar-refractivity contribution in [2.45, 2.75) is 32.4 Å². The number of rotatable bonds is 7. The molecule has 0 fully saturated rings. The molecular weight excluding hydrogens is 254 g/mol. The van der Waals surface area contributed by atoms with E-state index in [1.165, 1.54) is 15.3 Å². The third-order valence-corrected chi connectivity index (χ3v) is 4.41. The first-order chi connectivity index (χ1) is 9.31. The first-order valence-electron chi connectivity index (χ1n) is 6.77. The van der Waals surface area contributed by atoms with Crippen LogP contribution in [0.2, 0.25) is 0 Å². The maximum atomic E-state index is 9.46. The van der Waals surface area contributed by atoms with Gasteiger partial charge in [0.2, 0.25) is 0 Å². The van der Waals surface area contributed by atoms with Crippen molar-refractivity contribution in [2.24, 2.45) is 0 Å². The topological polar surface area (TPSA) is 32.3 Å². The van der Waals surface area contributed by atoms with Crippen LogP contribution in [0.1, 0.15) is 22.2 Å². The lowest BCUT2D eigenvalue weighted by molar-refractivity contribution is 0.241. The van der Waals surface area contributed by atoms with E-state index in [0.29, 0.717) is 0 Å². The molecule has 2 rings (SSSR count). The summed E-state index contributed by atoms with van der Waals surface area (Å²) in [6.07, 6.45) is 1.96. The predicted molar refractivity (Wildman–Crippen MR) is 81.6 cm³/mol. The molecule has 0 aliphatic heterocycles. The fraction of sp³-hybridized carbons (Fsp3) is 0.375. The van der Waals surface area contributed by atoms with E-state index >= 15 is 0 Å². The summed E-state index contributed by atoms with van der Waals surface area (Å²) in [4.78, 5) is 2.75. The highest BCUT2D eigenvalue weighted by atomic mass is 32.1. The molecule has 0 saturated heterocycles. The van der Waals surface area contributed by atoms with Gasteiger partial charge in [-0.05, 0) is 30.5 Å². The normalized spacial score (nSPS) is 12.5. The Morgan fingerprint density at radius 1 is 1.11 bits per heavy atom. The van der Waals surface area contributed by atoms with Crippen LogP contribution in [-0.4, -0.2) is 17.8 Å². The Balaban J connectivity index is 1.85. The summed E-state index contributed by atoms with van der Waals surface area (Å²) >= 11 is 1.85. The second kappa shape index (κ2) is 7.43. The highest BCUT2D eigenvalue weighted by molar-refractivity contribution is 7.11. The van der Waals surface area contributed by atoms with Crippen LogP contribution in [0, 0.1) is 0 Å². The lowest BCUT2D eigenvalue weighted by Crippen LogP contribution is -2.33. The van der Waals surface area contributed by atoms with Gasteiger partial charge in [0.25, 0.3) is 0 Å². The lowest BCUT2D eigenvalue weighted by atomic mass is 10.1. The molecule has 0 spiro atoms. The number of nitrogens with one attached hydrogen (secondary N) is 1. The smallest absolute Gasteiger partial charge is 0.0587 e. The van der Waals surface area contributed by atoms with Crippen LogP contribution in [0.25, 0.3) is 0 Å². The molecule has 0 bridgehead atoms. The number of aryl methyl sites for hydroxylation is 1. The molecule has 1 atom stereocenters. The van der Waals surface area contributed by atoms with Crippen molar-refractivity contribution in [3.8, 4) is 0 Å². The Hall–Kier alpha value is -1.16. The van der Waals surface area contributed by atoms with E-state index in [2.05, 4.69) is 36.5 Å². The third kappa shape index (κ3) is 4.46. The third-order valence-electron chi connectivity index (χ3n) is 3.18. The first kappa shape index (κ1) is 14.3. The summed E-state index contributed by atoms with van der Waals surface area (Å²) in [7, 11) is 0. The average molecular weight is 275 g/mol. The largest absolute Gasteiger partial charge is 0.395 e. The lowest BCUT2D eigenvalue weighted by Gasteiger charge is -2.15. The van der Waals surface area contributed by atoms with E-state index in [1.807, 2.05) is 29.5 Å². The fourth-order valence-electron chi connectivity index (χ4n) is 2.05. The van der Waals surface area contributed by atoms with Gasteiger partial charge < -0.3 is 10.4 Å². The molecule has 0 aliphatic rings. The Bertz CT molecular complexity index is 481. The molecule has 19 heavy (non-hydrogen) atoms. The molecule has 0 saturated carbocycles. The van der Waals surface area contributed by atoms with E-state index in [1.54, 1.807) is 0 Å². The second-order valence-corrected chi connectivity index (χ2v) is 5.92. The summed E-state index contributed by atoms with van der Waals surface area (Å²) in [6, 6.07) is 14.8. The van der Waals surface area contributed by atoms with E-state index in [0.717, 1.165) is 19.4 Å². The Morgan fingerprint density at radius 2 is 1.84 bits per heavy atom. The van der Waals surface area contributed by atoms with Crippen LogP contribution in [-0.2, 0) is 19.4 Å². The molecule has 1 aromatic heterocycles. The minimum atomic E-state index is 0.120. The van der Waals surface area contributed by atoms with Gasteiger partial charge in [-0.3, -0.25) is 0 Å². The van der Waals surface area contributed by atoms with Gasteiger partial charge in [0, 0.05) is 22.3 Å². The van der Waals surface area contributed by atoms with Crippen molar-refractivity contribution in [3.05, 3.63) is 57.8 Å². The molecule has 2 N–H and O–H groups in total. The number of thiophene rings is 1. The monoisotopic (exact) mass is 275 g/mol. The van der Waals surface area contributed by atoms with Gasteiger partial charge in [-0.25, -0.2) is 0 Å². The van der Waals surface area contributed by atoms with Crippen LogP contribution in [0.4, 0.5) is 0 Å². The Labute approximate surface area is 119 Å². The van der Waals surface area contributed by atoms with Gasteiger partial charge in [0.05, 0.1) is 6.61 Å². The number of aliphatic hydroxyl groups is 1. The van der Waals surface area contributed by atoms with Crippen LogP contribution in [0.15, 0.2) is 42.5 Å². The SMILES string of the molecule is CCc1ccc(CNC(CO)Cc2ccccc2)s1. The molecular formula is C16H21NOS. The van der Waals surface area contributed by atoms with Crippen molar-refractivity contribution in [3.63, 3.8) is 0 Å². The molecule has 3 heteroatoms. The molecule has 102 valence electrons. The maximum absolute atomic E-state index is 9.46. The van der Waals surface area contributed by atoms with E-state index < -0.39 is 0 Å². The molecule has 2 aromatic rings. The van der Waals surface area contributed by atoms with E-state index in [9.17, 15) is 5.11 Å². The van der Waals surface area contributed by atoms with Gasteiger partial charge in [-0.15, -0.1) is 11.3 Å². The molecule has 1 unspecified atom stereocenters. The van der Waals surface area contributed by atoms with Gasteiger partial charge in [-0.1, -0.05) is 37.3 Å². The zero-order valence-electron chi connectivity index (χ0n) is 11.3. The second-order valence-electron chi connectivity index (χ2n) is 4.67. The predicted octanol–water partition coefficient (Wildman–Crippen LogP) is 3.00. The molecule has 0 radical (unpaired) electrons. The van der Waals surface area contributed by atoms with Crippen molar-refractivity contribution in [1.29, 1.82) is 0 Å². The number of benzene rings is 1. The highest BCUT2D eigenvalue weighted by Gasteiger charge is 2.08. The Morgan fingerprint density at radius 3 is 2.47 bits per heavy atom. The number of hydrogen-bond acceptors (Lipinski definition) is 3. The molecule has 0 amide bonds. The summed E-state index contributed by atoms with van der Waals surface area (Å²) in [5.41, 5.74) is 1.26. The van der Waals surface area contributed by atoms with E-state index in [-0.39, 0.29) is 12.6 Å². The standard InChI is InChI=1S/C16H21NOS/c1-2-15-8-9-16(19-15)11-17-14(12-18)10-13-6-4-3-5-7-13/h3-9,14,17-18H,2,10-12H2,1H3. The molecule has 0 aliphatic carbocycles. The number of hydrogen-bond donors (Lipinski definition) is 2. The summed E-state index contributed by atoms with van der Waals surface area (Å²) in [5.74, 6) is 0. The van der Waals surface area contributed by atoms with Gasteiger partial charge >= 0.3 is 0 Å². The first-order valence-corrected chi connectivity index (χ1v) is 7.59. The summed E-state index contributed by atoms with van der Waals surface area (Å²) in [5, 5.41) is 12.9.